The van der Waals surface area contributed by atoms with Crippen LogP contribution in [0, 0.1) is 6.92 Å². The van der Waals surface area contributed by atoms with Crippen molar-refractivity contribution in [2.75, 3.05) is 0 Å². The van der Waals surface area contributed by atoms with Crippen LogP contribution in [0.2, 0.25) is 0 Å². The summed E-state index contributed by atoms with van der Waals surface area (Å²) in [4.78, 5) is 16.3. The molecule has 0 N–H and O–H groups in total. The average Bonchev–Trinajstić information content (AvgIpc) is 2.39. The summed E-state index contributed by atoms with van der Waals surface area (Å²) in [5, 5.41) is 0.963. The smallest absolute Gasteiger partial charge is 0.308 e. The van der Waals surface area contributed by atoms with E-state index in [2.05, 4.69) is 4.98 Å². The van der Waals surface area contributed by atoms with Gasteiger partial charge in [0.05, 0.1) is 4.90 Å². The number of ether oxygens (including phenoxy) is 1. The number of carbonyl (C=O) groups is 1. The van der Waals surface area contributed by atoms with E-state index >= 15 is 0 Å². The maximum absolute atomic E-state index is 11.0. The molecule has 1 aromatic heterocycles. The highest BCUT2D eigenvalue weighted by molar-refractivity contribution is 8.76. The second kappa shape index (κ2) is 6.63. The van der Waals surface area contributed by atoms with Gasteiger partial charge in [-0.1, -0.05) is 18.2 Å². The van der Waals surface area contributed by atoms with Crippen LogP contribution in [0.1, 0.15) is 12.5 Å². The Hall–Kier alpha value is -1.46. The second-order valence-electron chi connectivity index (χ2n) is 3.83. The molecule has 0 aliphatic carbocycles. The van der Waals surface area contributed by atoms with Gasteiger partial charge in [0, 0.05) is 13.1 Å². The Balaban J connectivity index is 2.11. The molecule has 0 saturated heterocycles. The number of pyridine rings is 1. The van der Waals surface area contributed by atoms with E-state index in [1.165, 1.54) is 17.7 Å². The highest BCUT2D eigenvalue weighted by Crippen LogP contribution is 2.41. The molecule has 5 heteroatoms. The molecule has 0 atom stereocenters. The lowest BCUT2D eigenvalue weighted by Crippen LogP contribution is -2.01. The summed E-state index contributed by atoms with van der Waals surface area (Å²) in [5.74, 6) is 0.271. The molecule has 0 aliphatic heterocycles. The van der Waals surface area contributed by atoms with Gasteiger partial charge in [-0.3, -0.25) is 4.79 Å². The zero-order valence-corrected chi connectivity index (χ0v) is 12.3. The highest BCUT2D eigenvalue weighted by atomic mass is 33.1. The molecular weight excluding hydrogens is 278 g/mol. The van der Waals surface area contributed by atoms with E-state index in [0.717, 1.165) is 15.5 Å². The zero-order chi connectivity index (χ0) is 13.7. The van der Waals surface area contributed by atoms with Crippen LogP contribution in [0.15, 0.2) is 52.5 Å². The van der Waals surface area contributed by atoms with Crippen LogP contribution < -0.4 is 4.74 Å². The molecule has 0 amide bonds. The van der Waals surface area contributed by atoms with Crippen LogP contribution in [0.4, 0.5) is 0 Å². The minimum atomic E-state index is -0.313. The Morgan fingerprint density at radius 2 is 1.95 bits per heavy atom. The van der Waals surface area contributed by atoms with Crippen molar-refractivity contribution in [2.45, 2.75) is 23.8 Å². The average molecular weight is 291 g/mol. The Morgan fingerprint density at radius 1 is 1.16 bits per heavy atom. The fraction of sp³-hybridized carbons (Fsp3) is 0.143. The maximum atomic E-state index is 11.0. The second-order valence-corrected chi connectivity index (χ2v) is 5.99. The van der Waals surface area contributed by atoms with Crippen molar-refractivity contribution in [1.82, 2.24) is 4.98 Å². The minimum Gasteiger partial charge on any atom is -0.425 e. The van der Waals surface area contributed by atoms with Gasteiger partial charge in [0.1, 0.15) is 10.8 Å². The van der Waals surface area contributed by atoms with Crippen molar-refractivity contribution in [1.29, 1.82) is 0 Å². The van der Waals surface area contributed by atoms with Gasteiger partial charge in [-0.05, 0) is 52.3 Å². The van der Waals surface area contributed by atoms with Crippen LogP contribution in [-0.4, -0.2) is 11.0 Å². The third-order valence-corrected chi connectivity index (χ3v) is 4.72. The molecule has 0 radical (unpaired) electrons. The van der Waals surface area contributed by atoms with Crippen molar-refractivity contribution in [3.63, 3.8) is 0 Å². The summed E-state index contributed by atoms with van der Waals surface area (Å²) >= 11 is 0. The summed E-state index contributed by atoms with van der Waals surface area (Å²) in [7, 11) is 3.09. The fourth-order valence-electron chi connectivity index (χ4n) is 1.40. The molecule has 19 heavy (non-hydrogen) atoms. The molecule has 1 aromatic carbocycles. The summed E-state index contributed by atoms with van der Waals surface area (Å²) in [6.45, 7) is 3.42. The van der Waals surface area contributed by atoms with E-state index < -0.39 is 0 Å². The van der Waals surface area contributed by atoms with Gasteiger partial charge >= 0.3 is 5.97 Å². The monoisotopic (exact) mass is 291 g/mol. The molecule has 0 saturated carbocycles. The molecule has 0 fully saturated rings. The first kappa shape index (κ1) is 14.0. The number of para-hydroxylation sites is 1. The summed E-state index contributed by atoms with van der Waals surface area (Å²) < 4.78 is 5.17. The van der Waals surface area contributed by atoms with Crippen molar-refractivity contribution in [3.05, 3.63) is 48.2 Å². The number of aryl methyl sites for hydroxylation is 1. The first-order valence-electron chi connectivity index (χ1n) is 5.70. The number of carbonyl (C=O) groups excluding carboxylic acids is 1. The summed E-state index contributed by atoms with van der Waals surface area (Å²) in [6.07, 6.45) is 1.77. The molecule has 0 aliphatic rings. The van der Waals surface area contributed by atoms with Gasteiger partial charge in [0.15, 0.2) is 0 Å². The van der Waals surface area contributed by atoms with E-state index in [-0.39, 0.29) is 5.97 Å². The quantitative estimate of drug-likeness (QED) is 0.481. The first-order chi connectivity index (χ1) is 9.16. The number of rotatable bonds is 4. The Bertz CT molecular complexity index is 587. The Morgan fingerprint density at radius 3 is 2.68 bits per heavy atom. The molecule has 2 aromatic rings. The van der Waals surface area contributed by atoms with Crippen molar-refractivity contribution in [2.24, 2.45) is 0 Å². The molecule has 0 unspecified atom stereocenters. The van der Waals surface area contributed by atoms with Crippen LogP contribution in [0.3, 0.4) is 0 Å². The number of aromatic nitrogens is 1. The molecule has 1 heterocycles. The lowest BCUT2D eigenvalue weighted by molar-refractivity contribution is -0.132. The van der Waals surface area contributed by atoms with E-state index in [1.807, 2.05) is 37.3 Å². The van der Waals surface area contributed by atoms with E-state index in [0.29, 0.717) is 5.75 Å². The zero-order valence-electron chi connectivity index (χ0n) is 10.6. The molecule has 0 spiro atoms. The van der Waals surface area contributed by atoms with Crippen molar-refractivity contribution in [3.8, 4) is 5.75 Å². The number of nitrogens with zero attached hydrogens (tertiary/aromatic N) is 1. The Kier molecular flexibility index (Phi) is 4.87. The van der Waals surface area contributed by atoms with Gasteiger partial charge in [0.2, 0.25) is 0 Å². The normalized spacial score (nSPS) is 10.2. The topological polar surface area (TPSA) is 39.2 Å². The van der Waals surface area contributed by atoms with Crippen LogP contribution in [-0.2, 0) is 4.79 Å². The van der Waals surface area contributed by atoms with Crippen LogP contribution >= 0.6 is 21.6 Å². The van der Waals surface area contributed by atoms with E-state index in [4.69, 9.17) is 4.74 Å². The number of benzene rings is 1. The fourth-order valence-corrected chi connectivity index (χ4v) is 3.64. The maximum Gasteiger partial charge on any atom is 0.308 e. The van der Waals surface area contributed by atoms with E-state index in [1.54, 1.807) is 23.1 Å². The predicted molar refractivity (Wildman–Crippen MR) is 78.4 cm³/mol. The summed E-state index contributed by atoms with van der Waals surface area (Å²) in [6, 6.07) is 11.4. The third kappa shape index (κ3) is 4.01. The van der Waals surface area contributed by atoms with Crippen molar-refractivity contribution < 1.29 is 9.53 Å². The number of hydrogen-bond acceptors (Lipinski definition) is 5. The SMILES string of the molecule is CC(=O)Oc1ccccc1SSc1ncccc1C. The molecule has 3 nitrogen and oxygen atoms in total. The molecule has 0 bridgehead atoms. The van der Waals surface area contributed by atoms with Gasteiger partial charge in [-0.2, -0.15) is 0 Å². The predicted octanol–water partition coefficient (Wildman–Crippen LogP) is 4.11. The minimum absolute atomic E-state index is 0.313. The molecular formula is C14H13NO2S2. The lowest BCUT2D eigenvalue weighted by Gasteiger charge is -2.08. The standard InChI is InChI=1S/C14H13NO2S2/c1-10-6-5-9-15-14(10)19-18-13-8-4-3-7-12(13)17-11(2)16/h3-9H,1-2H3. The van der Waals surface area contributed by atoms with E-state index in [9.17, 15) is 4.79 Å². The van der Waals surface area contributed by atoms with Crippen molar-refractivity contribution >= 4 is 27.6 Å². The summed E-state index contributed by atoms with van der Waals surface area (Å²) in [5.41, 5.74) is 1.13. The van der Waals surface area contributed by atoms with Gasteiger partial charge in [-0.15, -0.1) is 0 Å². The largest absolute Gasteiger partial charge is 0.425 e. The van der Waals surface area contributed by atoms with Crippen LogP contribution in [0.25, 0.3) is 0 Å². The Labute approximate surface area is 120 Å². The highest BCUT2D eigenvalue weighted by Gasteiger charge is 2.08. The first-order valence-corrected chi connectivity index (χ1v) is 7.85. The van der Waals surface area contributed by atoms with Crippen LogP contribution in [0.5, 0.6) is 5.75 Å². The third-order valence-electron chi connectivity index (χ3n) is 2.27. The number of hydrogen-bond donors (Lipinski definition) is 0. The molecule has 98 valence electrons. The van der Waals surface area contributed by atoms with Gasteiger partial charge in [0.25, 0.3) is 0 Å². The van der Waals surface area contributed by atoms with Gasteiger partial charge in [-0.25, -0.2) is 4.98 Å². The lowest BCUT2D eigenvalue weighted by atomic mass is 10.3. The number of esters is 1. The van der Waals surface area contributed by atoms with Gasteiger partial charge < -0.3 is 4.74 Å². The molecule has 2 rings (SSSR count).